The second kappa shape index (κ2) is 6.53. The maximum Gasteiger partial charge on any atom is 0.0995 e. The van der Waals surface area contributed by atoms with Crippen molar-refractivity contribution in [2.75, 3.05) is 19.6 Å². The van der Waals surface area contributed by atoms with Gasteiger partial charge in [-0.3, -0.25) is 0 Å². The van der Waals surface area contributed by atoms with E-state index in [1.807, 2.05) is 24.3 Å². The number of nitrogens with zero attached hydrogens (tertiary/aromatic N) is 2. The summed E-state index contributed by atoms with van der Waals surface area (Å²) in [4.78, 5) is 2.48. The topological polar surface area (TPSA) is 39.1 Å². The summed E-state index contributed by atoms with van der Waals surface area (Å²) in [5.74, 6) is 0. The van der Waals surface area contributed by atoms with Gasteiger partial charge in [-0.05, 0) is 37.6 Å². The molecule has 0 radical (unpaired) electrons. The maximum atomic E-state index is 9.05. The fourth-order valence-corrected chi connectivity index (χ4v) is 2.55. The average molecular weight is 243 g/mol. The molecular formula is C15H21N3. The van der Waals surface area contributed by atoms with Gasteiger partial charge in [-0.1, -0.05) is 25.1 Å². The highest BCUT2D eigenvalue weighted by molar-refractivity contribution is 5.37. The van der Waals surface area contributed by atoms with Crippen molar-refractivity contribution in [2.45, 2.75) is 32.4 Å². The fourth-order valence-electron chi connectivity index (χ4n) is 2.55. The second-order valence-electron chi connectivity index (χ2n) is 4.88. The lowest BCUT2D eigenvalue weighted by molar-refractivity contribution is 0.198. The Morgan fingerprint density at radius 2 is 2.28 bits per heavy atom. The molecule has 1 heterocycles. The van der Waals surface area contributed by atoms with Crippen LogP contribution in [0.2, 0.25) is 0 Å². The number of nitriles is 1. The van der Waals surface area contributed by atoms with Gasteiger partial charge in [0, 0.05) is 19.1 Å². The van der Waals surface area contributed by atoms with Crippen molar-refractivity contribution in [3.8, 4) is 6.07 Å². The lowest BCUT2D eigenvalue weighted by Crippen LogP contribution is -2.45. The van der Waals surface area contributed by atoms with Gasteiger partial charge in [0.05, 0.1) is 11.6 Å². The Bertz CT molecular complexity index is 422. The largest absolute Gasteiger partial charge is 0.309 e. The highest BCUT2D eigenvalue weighted by Gasteiger charge is 2.18. The summed E-state index contributed by atoms with van der Waals surface area (Å²) in [5.41, 5.74) is 1.89. The van der Waals surface area contributed by atoms with Gasteiger partial charge in [-0.15, -0.1) is 0 Å². The SMILES string of the molecule is CCN1CCCC(NCc2ccccc2C#N)C1. The minimum atomic E-state index is 0.561. The van der Waals surface area contributed by atoms with Crippen molar-refractivity contribution >= 4 is 0 Å². The normalized spacial score (nSPS) is 20.6. The molecule has 1 aromatic rings. The molecule has 1 fully saturated rings. The van der Waals surface area contributed by atoms with Crippen LogP contribution in [-0.4, -0.2) is 30.6 Å². The van der Waals surface area contributed by atoms with Gasteiger partial charge in [0.25, 0.3) is 0 Å². The van der Waals surface area contributed by atoms with Crippen molar-refractivity contribution < 1.29 is 0 Å². The fraction of sp³-hybridized carbons (Fsp3) is 0.533. The van der Waals surface area contributed by atoms with E-state index >= 15 is 0 Å². The van der Waals surface area contributed by atoms with E-state index in [1.54, 1.807) is 0 Å². The molecular weight excluding hydrogens is 222 g/mol. The summed E-state index contributed by atoms with van der Waals surface area (Å²) in [6, 6.07) is 10.6. The summed E-state index contributed by atoms with van der Waals surface area (Å²) < 4.78 is 0. The number of benzene rings is 1. The van der Waals surface area contributed by atoms with E-state index in [-0.39, 0.29) is 0 Å². The van der Waals surface area contributed by atoms with Crippen LogP contribution < -0.4 is 5.32 Å². The number of nitrogens with one attached hydrogen (secondary N) is 1. The monoisotopic (exact) mass is 243 g/mol. The van der Waals surface area contributed by atoms with E-state index in [9.17, 15) is 0 Å². The zero-order valence-corrected chi connectivity index (χ0v) is 11.0. The first kappa shape index (κ1) is 13.1. The Morgan fingerprint density at radius 3 is 3.06 bits per heavy atom. The smallest absolute Gasteiger partial charge is 0.0995 e. The minimum absolute atomic E-state index is 0.561. The number of likely N-dealkylation sites (N-methyl/N-ethyl adjacent to an activating group) is 1. The molecule has 0 spiro atoms. The molecule has 0 saturated carbocycles. The van der Waals surface area contributed by atoms with Crippen LogP contribution in [0.5, 0.6) is 0 Å². The van der Waals surface area contributed by atoms with Gasteiger partial charge in [0.1, 0.15) is 0 Å². The molecule has 2 rings (SSSR count). The molecule has 0 bridgehead atoms. The third kappa shape index (κ3) is 3.32. The van der Waals surface area contributed by atoms with Crippen LogP contribution in [0.1, 0.15) is 30.9 Å². The molecule has 1 atom stereocenters. The molecule has 0 aliphatic carbocycles. The van der Waals surface area contributed by atoms with Crippen molar-refractivity contribution in [1.82, 2.24) is 10.2 Å². The average Bonchev–Trinajstić information content (AvgIpc) is 2.45. The van der Waals surface area contributed by atoms with Gasteiger partial charge < -0.3 is 10.2 Å². The third-order valence-corrected chi connectivity index (χ3v) is 3.67. The number of hydrogen-bond acceptors (Lipinski definition) is 3. The van der Waals surface area contributed by atoms with Crippen LogP contribution in [0.3, 0.4) is 0 Å². The van der Waals surface area contributed by atoms with Crippen LogP contribution in [0.4, 0.5) is 0 Å². The van der Waals surface area contributed by atoms with Crippen LogP contribution in [0, 0.1) is 11.3 Å². The lowest BCUT2D eigenvalue weighted by Gasteiger charge is -2.32. The molecule has 18 heavy (non-hydrogen) atoms. The third-order valence-electron chi connectivity index (χ3n) is 3.67. The Balaban J connectivity index is 1.89. The quantitative estimate of drug-likeness (QED) is 0.880. The summed E-state index contributed by atoms with van der Waals surface area (Å²) in [5, 5.41) is 12.6. The summed E-state index contributed by atoms with van der Waals surface area (Å²) in [7, 11) is 0. The van der Waals surface area contributed by atoms with Gasteiger partial charge in [0.15, 0.2) is 0 Å². The number of hydrogen-bond donors (Lipinski definition) is 1. The Kier molecular flexibility index (Phi) is 4.74. The van der Waals surface area contributed by atoms with Crippen molar-refractivity contribution in [3.63, 3.8) is 0 Å². The van der Waals surface area contributed by atoms with E-state index in [0.717, 1.165) is 30.8 Å². The van der Waals surface area contributed by atoms with Gasteiger partial charge >= 0.3 is 0 Å². The highest BCUT2D eigenvalue weighted by Crippen LogP contribution is 2.12. The van der Waals surface area contributed by atoms with Crippen LogP contribution in [0.15, 0.2) is 24.3 Å². The molecule has 1 N–H and O–H groups in total. The van der Waals surface area contributed by atoms with Crippen LogP contribution in [-0.2, 0) is 6.54 Å². The van der Waals surface area contributed by atoms with E-state index in [2.05, 4.69) is 23.2 Å². The standard InChI is InChI=1S/C15H21N3/c1-2-18-9-5-8-15(12-18)17-11-14-7-4-3-6-13(14)10-16/h3-4,6-7,15,17H,2,5,8-9,11-12H2,1H3. The summed E-state index contributed by atoms with van der Waals surface area (Å²) >= 11 is 0. The van der Waals surface area contributed by atoms with E-state index < -0.39 is 0 Å². The molecule has 1 aliphatic heterocycles. The van der Waals surface area contributed by atoms with E-state index in [4.69, 9.17) is 5.26 Å². The van der Waals surface area contributed by atoms with Crippen LogP contribution in [0.25, 0.3) is 0 Å². The molecule has 1 aromatic carbocycles. The van der Waals surface area contributed by atoms with E-state index in [0.29, 0.717) is 6.04 Å². The zero-order valence-electron chi connectivity index (χ0n) is 11.0. The molecule has 3 heteroatoms. The molecule has 1 unspecified atom stereocenters. The Morgan fingerprint density at radius 1 is 1.44 bits per heavy atom. The lowest BCUT2D eigenvalue weighted by atomic mass is 10.0. The van der Waals surface area contributed by atoms with Crippen molar-refractivity contribution in [3.05, 3.63) is 35.4 Å². The van der Waals surface area contributed by atoms with Gasteiger partial charge in [-0.25, -0.2) is 0 Å². The number of likely N-dealkylation sites (tertiary alicyclic amines) is 1. The number of rotatable bonds is 4. The molecule has 1 aliphatic rings. The van der Waals surface area contributed by atoms with Gasteiger partial charge in [0.2, 0.25) is 0 Å². The first-order chi connectivity index (χ1) is 8.83. The van der Waals surface area contributed by atoms with Gasteiger partial charge in [-0.2, -0.15) is 5.26 Å². The highest BCUT2D eigenvalue weighted by atomic mass is 15.2. The molecule has 1 saturated heterocycles. The second-order valence-corrected chi connectivity index (χ2v) is 4.88. The molecule has 0 amide bonds. The molecule has 96 valence electrons. The first-order valence-electron chi connectivity index (χ1n) is 6.77. The van der Waals surface area contributed by atoms with Crippen LogP contribution >= 0.6 is 0 Å². The minimum Gasteiger partial charge on any atom is -0.309 e. The Labute approximate surface area is 109 Å². The predicted molar refractivity (Wildman–Crippen MR) is 73.1 cm³/mol. The number of piperidine rings is 1. The Hall–Kier alpha value is -1.37. The summed E-state index contributed by atoms with van der Waals surface area (Å²) in [6.45, 7) is 6.50. The predicted octanol–water partition coefficient (Wildman–Crippen LogP) is 2.13. The maximum absolute atomic E-state index is 9.05. The first-order valence-corrected chi connectivity index (χ1v) is 6.77. The summed E-state index contributed by atoms with van der Waals surface area (Å²) in [6.07, 6.45) is 2.51. The molecule has 0 aromatic heterocycles. The molecule has 3 nitrogen and oxygen atoms in total. The van der Waals surface area contributed by atoms with Crippen molar-refractivity contribution in [2.24, 2.45) is 0 Å². The zero-order chi connectivity index (χ0) is 12.8. The van der Waals surface area contributed by atoms with E-state index in [1.165, 1.54) is 19.4 Å². The van der Waals surface area contributed by atoms with Crippen molar-refractivity contribution in [1.29, 1.82) is 5.26 Å².